The predicted molar refractivity (Wildman–Crippen MR) is 92.5 cm³/mol. The summed E-state index contributed by atoms with van der Waals surface area (Å²) in [5, 5.41) is 11.3. The third kappa shape index (κ3) is 4.67. The fraction of sp³-hybridized carbons (Fsp3) is 0.643. The smallest absolute Gasteiger partial charge is 0.242 e. The Labute approximate surface area is 148 Å². The van der Waals surface area contributed by atoms with Crippen LogP contribution in [0.4, 0.5) is 5.82 Å². The first kappa shape index (κ1) is 19.9. The number of carbonyl (C=O) groups is 1. The van der Waals surface area contributed by atoms with Crippen LogP contribution in [0.5, 0.6) is 0 Å². The Morgan fingerprint density at radius 1 is 1.30 bits per heavy atom. The highest BCUT2D eigenvalue weighted by Crippen LogP contribution is 2.14. The Hall–Kier alpha value is -1.15. The van der Waals surface area contributed by atoms with E-state index in [9.17, 15) is 4.79 Å². The number of nitrogens with zero attached hydrogens (tertiary/aromatic N) is 4. The second-order valence-corrected chi connectivity index (χ2v) is 5.40. The molecule has 0 radical (unpaired) electrons. The van der Waals surface area contributed by atoms with Crippen molar-refractivity contribution < 1.29 is 9.53 Å². The lowest BCUT2D eigenvalue weighted by Gasteiger charge is -2.39. The van der Waals surface area contributed by atoms with Crippen molar-refractivity contribution in [1.29, 1.82) is 0 Å². The summed E-state index contributed by atoms with van der Waals surface area (Å²) in [4.78, 5) is 16.6. The molecule has 130 valence electrons. The standard InChI is InChI=1S/C14H21N5O2.2ClH/c1-11-13(15-5-10-21-11)14(20)19-8-6-18(7-9-19)12-3-2-4-16-17-12;;/h2-4,11,13,15H,5-10H2,1H3;2*1H/t11-,13+;;/m1../s1. The largest absolute Gasteiger partial charge is 0.375 e. The van der Waals surface area contributed by atoms with Crippen LogP contribution >= 0.6 is 24.8 Å². The molecule has 1 N–H and O–H groups in total. The molecule has 0 unspecified atom stereocenters. The molecule has 0 saturated carbocycles. The topological polar surface area (TPSA) is 70.6 Å². The maximum atomic E-state index is 12.5. The van der Waals surface area contributed by atoms with Gasteiger partial charge in [-0.1, -0.05) is 0 Å². The van der Waals surface area contributed by atoms with Crippen LogP contribution in [0.3, 0.4) is 0 Å². The van der Waals surface area contributed by atoms with Gasteiger partial charge in [-0.15, -0.1) is 29.9 Å². The molecule has 0 spiro atoms. The monoisotopic (exact) mass is 363 g/mol. The molecule has 1 aromatic heterocycles. The van der Waals surface area contributed by atoms with Crippen molar-refractivity contribution in [3.05, 3.63) is 18.3 Å². The number of piperazine rings is 1. The summed E-state index contributed by atoms with van der Waals surface area (Å²) in [7, 11) is 0. The molecule has 9 heteroatoms. The Balaban J connectivity index is 0.00000132. The molecule has 0 bridgehead atoms. The normalized spacial score (nSPS) is 24.4. The zero-order chi connectivity index (χ0) is 14.7. The Morgan fingerprint density at radius 2 is 2.04 bits per heavy atom. The van der Waals surface area contributed by atoms with Gasteiger partial charge in [-0.3, -0.25) is 4.79 Å². The van der Waals surface area contributed by atoms with Crippen LogP contribution in [-0.2, 0) is 9.53 Å². The second-order valence-electron chi connectivity index (χ2n) is 5.40. The maximum absolute atomic E-state index is 12.5. The number of nitrogens with one attached hydrogen (secondary N) is 1. The average Bonchev–Trinajstić information content (AvgIpc) is 2.56. The van der Waals surface area contributed by atoms with Gasteiger partial charge < -0.3 is 19.9 Å². The van der Waals surface area contributed by atoms with Gasteiger partial charge in [-0.25, -0.2) is 0 Å². The minimum atomic E-state index is -0.221. The summed E-state index contributed by atoms with van der Waals surface area (Å²) in [6.07, 6.45) is 1.60. The fourth-order valence-electron chi connectivity index (χ4n) is 2.82. The molecule has 2 aliphatic heterocycles. The van der Waals surface area contributed by atoms with Crippen molar-refractivity contribution in [2.45, 2.75) is 19.1 Å². The number of anilines is 1. The Kier molecular flexibility index (Phi) is 7.98. The number of hydrogen-bond donors (Lipinski definition) is 1. The molecule has 1 aromatic rings. The van der Waals surface area contributed by atoms with Gasteiger partial charge in [-0.05, 0) is 19.1 Å². The van der Waals surface area contributed by atoms with Gasteiger partial charge in [0, 0.05) is 38.9 Å². The highest BCUT2D eigenvalue weighted by molar-refractivity contribution is 5.85. The summed E-state index contributed by atoms with van der Waals surface area (Å²) in [5.41, 5.74) is 0. The highest BCUT2D eigenvalue weighted by atomic mass is 35.5. The van der Waals surface area contributed by atoms with Crippen molar-refractivity contribution in [3.8, 4) is 0 Å². The number of hydrogen-bond acceptors (Lipinski definition) is 6. The molecule has 2 atom stereocenters. The van der Waals surface area contributed by atoms with Crippen molar-refractivity contribution in [3.63, 3.8) is 0 Å². The molecule has 3 rings (SSSR count). The summed E-state index contributed by atoms with van der Waals surface area (Å²) < 4.78 is 5.55. The van der Waals surface area contributed by atoms with E-state index in [-0.39, 0.29) is 42.9 Å². The van der Waals surface area contributed by atoms with Gasteiger partial charge in [0.2, 0.25) is 5.91 Å². The first-order valence-corrected chi connectivity index (χ1v) is 7.42. The SMILES string of the molecule is C[C@H]1OCCN[C@@H]1C(=O)N1CCN(c2cccnn2)CC1.Cl.Cl. The van der Waals surface area contributed by atoms with E-state index in [2.05, 4.69) is 20.4 Å². The minimum absolute atomic E-state index is 0. The summed E-state index contributed by atoms with van der Waals surface area (Å²) in [6.45, 7) is 6.34. The predicted octanol–water partition coefficient (Wildman–Crippen LogP) is 0.346. The number of ether oxygens (including phenoxy) is 1. The number of rotatable bonds is 2. The molecule has 7 nitrogen and oxygen atoms in total. The van der Waals surface area contributed by atoms with Crippen molar-refractivity contribution in [2.75, 3.05) is 44.2 Å². The van der Waals surface area contributed by atoms with E-state index < -0.39 is 0 Å². The van der Waals surface area contributed by atoms with Crippen LogP contribution in [0, 0.1) is 0 Å². The number of amides is 1. The van der Waals surface area contributed by atoms with Crippen LogP contribution in [0.25, 0.3) is 0 Å². The first-order valence-electron chi connectivity index (χ1n) is 7.42. The summed E-state index contributed by atoms with van der Waals surface area (Å²) >= 11 is 0. The second kappa shape index (κ2) is 9.22. The Morgan fingerprint density at radius 3 is 2.65 bits per heavy atom. The molecule has 0 aliphatic carbocycles. The molecule has 3 heterocycles. The van der Waals surface area contributed by atoms with Gasteiger partial charge in [0.15, 0.2) is 5.82 Å². The van der Waals surface area contributed by atoms with Crippen LogP contribution in [-0.4, -0.2) is 72.5 Å². The quantitative estimate of drug-likeness (QED) is 0.817. The van der Waals surface area contributed by atoms with E-state index in [1.165, 1.54) is 0 Å². The van der Waals surface area contributed by atoms with Crippen molar-refractivity contribution in [2.24, 2.45) is 0 Å². The average molecular weight is 364 g/mol. The van der Waals surface area contributed by atoms with Crippen molar-refractivity contribution in [1.82, 2.24) is 20.4 Å². The third-order valence-corrected chi connectivity index (χ3v) is 4.06. The lowest BCUT2D eigenvalue weighted by molar-refractivity contribution is -0.139. The number of halogens is 2. The van der Waals surface area contributed by atoms with Gasteiger partial charge in [0.25, 0.3) is 0 Å². The van der Waals surface area contributed by atoms with E-state index in [1.807, 2.05) is 24.0 Å². The molecule has 2 aliphatic rings. The molecule has 2 saturated heterocycles. The lowest BCUT2D eigenvalue weighted by Crippen LogP contribution is -2.59. The molecule has 23 heavy (non-hydrogen) atoms. The first-order chi connectivity index (χ1) is 10.3. The lowest BCUT2D eigenvalue weighted by atomic mass is 10.1. The molecular formula is C14H23Cl2N5O2. The summed E-state index contributed by atoms with van der Waals surface area (Å²) in [6, 6.07) is 3.61. The molecule has 2 fully saturated rings. The van der Waals surface area contributed by atoms with Gasteiger partial charge in [-0.2, -0.15) is 5.10 Å². The van der Waals surface area contributed by atoms with Crippen LogP contribution in [0.2, 0.25) is 0 Å². The van der Waals surface area contributed by atoms with E-state index >= 15 is 0 Å². The van der Waals surface area contributed by atoms with Crippen LogP contribution < -0.4 is 10.2 Å². The Bertz CT molecular complexity index is 485. The minimum Gasteiger partial charge on any atom is -0.375 e. The zero-order valence-corrected chi connectivity index (χ0v) is 14.7. The van der Waals surface area contributed by atoms with Crippen LogP contribution in [0.15, 0.2) is 18.3 Å². The summed E-state index contributed by atoms with van der Waals surface area (Å²) in [5.74, 6) is 1.01. The maximum Gasteiger partial charge on any atom is 0.242 e. The van der Waals surface area contributed by atoms with Gasteiger partial charge in [0.05, 0.1) is 12.7 Å². The van der Waals surface area contributed by atoms with E-state index in [0.29, 0.717) is 19.7 Å². The van der Waals surface area contributed by atoms with E-state index in [4.69, 9.17) is 4.74 Å². The van der Waals surface area contributed by atoms with E-state index in [0.717, 1.165) is 25.5 Å². The number of morpholine rings is 1. The van der Waals surface area contributed by atoms with Crippen LogP contribution in [0.1, 0.15) is 6.92 Å². The zero-order valence-electron chi connectivity index (χ0n) is 13.1. The van der Waals surface area contributed by atoms with Gasteiger partial charge >= 0.3 is 0 Å². The third-order valence-electron chi connectivity index (χ3n) is 4.06. The van der Waals surface area contributed by atoms with Crippen molar-refractivity contribution >= 4 is 36.5 Å². The number of aromatic nitrogens is 2. The molecule has 1 amide bonds. The number of carbonyl (C=O) groups excluding carboxylic acids is 1. The molecular weight excluding hydrogens is 341 g/mol. The van der Waals surface area contributed by atoms with Gasteiger partial charge in [0.1, 0.15) is 6.04 Å². The van der Waals surface area contributed by atoms with E-state index in [1.54, 1.807) is 6.20 Å². The fourth-order valence-corrected chi connectivity index (χ4v) is 2.82. The molecule has 0 aromatic carbocycles. The highest BCUT2D eigenvalue weighted by Gasteiger charge is 2.33.